The first-order chi connectivity index (χ1) is 11.3. The van der Waals surface area contributed by atoms with Crippen molar-refractivity contribution in [1.29, 1.82) is 5.41 Å². The first-order valence-corrected chi connectivity index (χ1v) is 6.85. The average molecular weight is 334 g/mol. The van der Waals surface area contributed by atoms with E-state index in [-0.39, 0.29) is 9.42 Å². The Bertz CT molecular complexity index is 794. The van der Waals surface area contributed by atoms with Crippen molar-refractivity contribution in [2.45, 2.75) is 4.90 Å². The number of nitro groups is 1. The standard InChI is InChI=1S/C10H13N5O6S/c1-13(10(11)12)14(6-9(16)17)22(20,21)8-4-2-7(3-5-8)15(18)19/h2-5H,6H2,1H3,(H3,11,12)(H,16,17)/i1D3. The van der Waals surface area contributed by atoms with Gasteiger partial charge in [-0.15, -0.1) is 0 Å². The number of carbonyl (C=O) groups is 1. The molecule has 0 radical (unpaired) electrons. The summed E-state index contributed by atoms with van der Waals surface area (Å²) in [4.78, 5) is 20.2. The van der Waals surface area contributed by atoms with Crippen molar-refractivity contribution < 1.29 is 27.4 Å². The molecule has 0 aliphatic rings. The molecular weight excluding hydrogens is 318 g/mol. The number of sulfonamides is 1. The summed E-state index contributed by atoms with van der Waals surface area (Å²) < 4.78 is 46.9. The van der Waals surface area contributed by atoms with Gasteiger partial charge < -0.3 is 10.8 Å². The number of hydrogen-bond acceptors (Lipinski definition) is 6. The maximum atomic E-state index is 12.6. The van der Waals surface area contributed by atoms with Crippen molar-refractivity contribution in [1.82, 2.24) is 9.42 Å². The minimum absolute atomic E-state index is 0.105. The summed E-state index contributed by atoms with van der Waals surface area (Å²) in [6, 6.07) is 3.30. The van der Waals surface area contributed by atoms with Crippen LogP contribution in [-0.2, 0) is 14.8 Å². The lowest BCUT2D eigenvalue weighted by atomic mass is 10.3. The van der Waals surface area contributed by atoms with Gasteiger partial charge in [0.1, 0.15) is 6.54 Å². The topological polar surface area (TPSA) is 171 Å². The van der Waals surface area contributed by atoms with Crippen molar-refractivity contribution in [2.75, 3.05) is 13.5 Å². The van der Waals surface area contributed by atoms with Gasteiger partial charge in [-0.1, -0.05) is 4.41 Å². The number of non-ortho nitro benzene ring substituents is 1. The number of aliphatic carboxylic acids is 1. The van der Waals surface area contributed by atoms with E-state index in [1.54, 1.807) is 0 Å². The number of nitrogens with two attached hydrogens (primary N) is 1. The molecule has 4 N–H and O–H groups in total. The van der Waals surface area contributed by atoms with Crippen LogP contribution in [0.4, 0.5) is 5.69 Å². The quantitative estimate of drug-likeness (QED) is 0.268. The minimum Gasteiger partial charge on any atom is -0.480 e. The van der Waals surface area contributed by atoms with Crippen LogP contribution in [0, 0.1) is 15.5 Å². The van der Waals surface area contributed by atoms with E-state index < -0.39 is 51.0 Å². The molecule has 0 bridgehead atoms. The number of hydrazine groups is 1. The van der Waals surface area contributed by atoms with Crippen molar-refractivity contribution in [3.05, 3.63) is 34.4 Å². The van der Waals surface area contributed by atoms with E-state index in [9.17, 15) is 23.3 Å². The van der Waals surface area contributed by atoms with Crippen molar-refractivity contribution >= 4 is 27.6 Å². The number of carboxylic acids is 1. The predicted molar refractivity (Wildman–Crippen MR) is 74.3 cm³/mol. The molecule has 1 rings (SSSR count). The van der Waals surface area contributed by atoms with Crippen LogP contribution in [-0.4, -0.2) is 53.3 Å². The Morgan fingerprint density at radius 3 is 2.41 bits per heavy atom. The van der Waals surface area contributed by atoms with Crippen molar-refractivity contribution in [3.8, 4) is 0 Å². The summed E-state index contributed by atoms with van der Waals surface area (Å²) in [6.07, 6.45) is 0. The van der Waals surface area contributed by atoms with Crippen LogP contribution in [0.1, 0.15) is 4.11 Å². The molecule has 0 spiro atoms. The molecule has 120 valence electrons. The van der Waals surface area contributed by atoms with Crippen LogP contribution < -0.4 is 5.73 Å². The molecule has 0 aliphatic heterocycles. The van der Waals surface area contributed by atoms with Crippen molar-refractivity contribution in [3.63, 3.8) is 0 Å². The van der Waals surface area contributed by atoms with Gasteiger partial charge >= 0.3 is 5.97 Å². The summed E-state index contributed by atoms with van der Waals surface area (Å²) in [5, 5.41) is 26.6. The van der Waals surface area contributed by atoms with Gasteiger partial charge in [-0.3, -0.25) is 25.3 Å². The number of benzene rings is 1. The summed E-state index contributed by atoms with van der Waals surface area (Å²) in [6.45, 7) is -4.60. The molecule has 1 aromatic carbocycles. The number of nitro benzene ring substituents is 1. The molecule has 22 heavy (non-hydrogen) atoms. The second kappa shape index (κ2) is 6.36. The second-order valence-electron chi connectivity index (χ2n) is 3.83. The van der Waals surface area contributed by atoms with E-state index in [0.717, 1.165) is 24.3 Å². The molecule has 0 saturated heterocycles. The van der Waals surface area contributed by atoms with Crippen LogP contribution in [0.3, 0.4) is 0 Å². The molecule has 1 aromatic rings. The van der Waals surface area contributed by atoms with Crippen LogP contribution in [0.25, 0.3) is 0 Å². The Balaban J connectivity index is 3.49. The first-order valence-electron chi connectivity index (χ1n) is 6.91. The highest BCUT2D eigenvalue weighted by Crippen LogP contribution is 2.20. The zero-order valence-electron chi connectivity index (χ0n) is 13.8. The zero-order chi connectivity index (χ0) is 19.6. The summed E-state index contributed by atoms with van der Waals surface area (Å²) in [7, 11) is -4.79. The van der Waals surface area contributed by atoms with E-state index in [1.165, 1.54) is 0 Å². The van der Waals surface area contributed by atoms with E-state index in [0.29, 0.717) is 0 Å². The third kappa shape index (κ3) is 3.67. The Morgan fingerprint density at radius 2 is 2.05 bits per heavy atom. The molecule has 0 aliphatic carbocycles. The minimum atomic E-state index is -4.79. The molecule has 0 saturated carbocycles. The Labute approximate surface area is 129 Å². The Morgan fingerprint density at radius 1 is 1.50 bits per heavy atom. The van der Waals surface area contributed by atoms with Crippen molar-refractivity contribution in [2.24, 2.45) is 5.73 Å². The van der Waals surface area contributed by atoms with Gasteiger partial charge in [0.15, 0.2) is 0 Å². The fourth-order valence-electron chi connectivity index (χ4n) is 1.36. The van der Waals surface area contributed by atoms with Gasteiger partial charge in [0, 0.05) is 23.2 Å². The summed E-state index contributed by atoms with van der Waals surface area (Å²) >= 11 is 0. The molecular formula is C10H13N5O6S. The van der Waals surface area contributed by atoms with Gasteiger partial charge in [0.25, 0.3) is 15.7 Å². The maximum absolute atomic E-state index is 12.6. The number of carboxylic acid groups (broad SMARTS) is 1. The third-order valence-corrected chi connectivity index (χ3v) is 4.06. The van der Waals surface area contributed by atoms with Crippen LogP contribution in [0.15, 0.2) is 29.2 Å². The smallest absolute Gasteiger partial charge is 0.320 e. The molecule has 11 nitrogen and oxygen atoms in total. The molecule has 12 heteroatoms. The fourth-order valence-corrected chi connectivity index (χ4v) is 2.67. The van der Waals surface area contributed by atoms with E-state index >= 15 is 0 Å². The highest BCUT2D eigenvalue weighted by Gasteiger charge is 2.31. The van der Waals surface area contributed by atoms with E-state index in [1.807, 2.05) is 0 Å². The lowest BCUT2D eigenvalue weighted by molar-refractivity contribution is -0.384. The largest absolute Gasteiger partial charge is 0.480 e. The van der Waals surface area contributed by atoms with Gasteiger partial charge in [0.2, 0.25) is 5.96 Å². The fraction of sp³-hybridized carbons (Fsp3) is 0.200. The number of nitrogens with zero attached hydrogens (tertiary/aromatic N) is 3. The molecule has 0 aromatic heterocycles. The highest BCUT2D eigenvalue weighted by atomic mass is 32.2. The highest BCUT2D eigenvalue weighted by molar-refractivity contribution is 7.89. The number of rotatable bonds is 6. The first kappa shape index (κ1) is 13.0. The zero-order valence-corrected chi connectivity index (χ0v) is 11.6. The monoisotopic (exact) mass is 334 g/mol. The molecule has 0 unspecified atom stereocenters. The molecule has 0 heterocycles. The van der Waals surface area contributed by atoms with Crippen LogP contribution >= 0.6 is 0 Å². The van der Waals surface area contributed by atoms with Gasteiger partial charge in [-0.25, -0.2) is 8.42 Å². The summed E-state index contributed by atoms with van der Waals surface area (Å²) in [5.74, 6) is -2.94. The lowest BCUT2D eigenvalue weighted by Crippen LogP contribution is -2.51. The van der Waals surface area contributed by atoms with Gasteiger partial charge in [-0.2, -0.15) is 0 Å². The van der Waals surface area contributed by atoms with Crippen LogP contribution in [0.5, 0.6) is 0 Å². The van der Waals surface area contributed by atoms with E-state index in [2.05, 4.69) is 0 Å². The molecule has 0 atom stereocenters. The Kier molecular flexibility index (Phi) is 3.75. The lowest BCUT2D eigenvalue weighted by Gasteiger charge is -2.29. The van der Waals surface area contributed by atoms with Crippen LogP contribution in [0.2, 0.25) is 0 Å². The normalized spacial score (nSPS) is 13.8. The molecule has 0 amide bonds. The predicted octanol–water partition coefficient (Wildman–Crippen LogP) is -0.590. The third-order valence-electron chi connectivity index (χ3n) is 2.34. The number of hydrogen-bond donors (Lipinski definition) is 3. The second-order valence-corrected chi connectivity index (χ2v) is 5.67. The molecule has 0 fully saturated rings. The maximum Gasteiger partial charge on any atom is 0.320 e. The number of guanidine groups is 1. The summed E-state index contributed by atoms with van der Waals surface area (Å²) in [5.41, 5.74) is 4.67. The number of nitrogens with one attached hydrogen (secondary N) is 1. The average Bonchev–Trinajstić information content (AvgIpc) is 2.44. The van der Waals surface area contributed by atoms with E-state index in [4.69, 9.17) is 20.4 Å². The SMILES string of the molecule is [2H]C([2H])([2H])N(C(=N)N)N(CC(=O)O)S(=O)(=O)c1ccc([N+](=O)[O-])cc1. The Hall–Kier alpha value is -2.73. The van der Waals surface area contributed by atoms with Gasteiger partial charge in [0.05, 0.1) is 9.82 Å². The van der Waals surface area contributed by atoms with Gasteiger partial charge in [-0.05, 0) is 12.1 Å².